The van der Waals surface area contributed by atoms with Gasteiger partial charge in [-0.05, 0) is 67.8 Å². The lowest BCUT2D eigenvalue weighted by Crippen LogP contribution is -2.31. The molecule has 0 aliphatic rings. The lowest BCUT2D eigenvalue weighted by atomic mass is 9.98. The Bertz CT molecular complexity index is 844. The third-order valence-electron chi connectivity index (χ3n) is 4.01. The second-order valence-corrected chi connectivity index (χ2v) is 6.02. The molecule has 0 aliphatic carbocycles. The van der Waals surface area contributed by atoms with E-state index in [9.17, 15) is 18.8 Å². The van der Waals surface area contributed by atoms with Gasteiger partial charge in [0.2, 0.25) is 5.78 Å². The summed E-state index contributed by atoms with van der Waals surface area (Å²) in [5.74, 6) is -2.02. The molecule has 0 spiro atoms. The van der Waals surface area contributed by atoms with Gasteiger partial charge in [-0.15, -0.1) is 0 Å². The Morgan fingerprint density at radius 3 is 2.23 bits per heavy atom. The molecule has 2 aromatic carbocycles. The minimum absolute atomic E-state index is 0.223. The van der Waals surface area contributed by atoms with Crippen LogP contribution < -0.4 is 5.32 Å². The first-order chi connectivity index (χ1) is 12.3. The van der Waals surface area contributed by atoms with E-state index in [1.165, 1.54) is 12.1 Å². The summed E-state index contributed by atoms with van der Waals surface area (Å²) in [5.41, 5.74) is 3.62. The largest absolute Gasteiger partial charge is 0.456 e. The Labute approximate surface area is 151 Å². The number of aryl methyl sites for hydroxylation is 3. The first-order valence-electron chi connectivity index (χ1n) is 8.08. The summed E-state index contributed by atoms with van der Waals surface area (Å²) in [6.07, 6.45) is 0. The van der Waals surface area contributed by atoms with Crippen LogP contribution in [-0.4, -0.2) is 30.8 Å². The predicted molar refractivity (Wildman–Crippen MR) is 94.7 cm³/mol. The van der Waals surface area contributed by atoms with Crippen molar-refractivity contribution in [1.29, 1.82) is 0 Å². The van der Waals surface area contributed by atoms with Crippen LogP contribution in [0.5, 0.6) is 0 Å². The number of amides is 1. The van der Waals surface area contributed by atoms with Gasteiger partial charge in [-0.25, -0.2) is 4.39 Å². The van der Waals surface area contributed by atoms with Crippen LogP contribution in [0, 0.1) is 26.6 Å². The molecule has 2 rings (SSSR count). The van der Waals surface area contributed by atoms with Crippen LogP contribution in [0.4, 0.5) is 4.39 Å². The lowest BCUT2D eigenvalue weighted by molar-refractivity contribution is -0.141. The number of benzene rings is 2. The molecule has 1 N–H and O–H groups in total. The van der Waals surface area contributed by atoms with Crippen LogP contribution in [0.25, 0.3) is 0 Å². The maximum Gasteiger partial charge on any atom is 0.325 e. The SMILES string of the molecule is Cc1cc(C)c(C(=O)COC(=O)CNC(=O)c2ccc(F)cc2)cc1C. The number of ketones is 1. The van der Waals surface area contributed by atoms with Crippen molar-refractivity contribution < 1.29 is 23.5 Å². The van der Waals surface area contributed by atoms with Crippen LogP contribution in [-0.2, 0) is 9.53 Å². The van der Waals surface area contributed by atoms with Gasteiger partial charge < -0.3 is 10.1 Å². The van der Waals surface area contributed by atoms with Crippen molar-refractivity contribution in [2.45, 2.75) is 20.8 Å². The molecule has 0 saturated carbocycles. The molecule has 0 saturated heterocycles. The van der Waals surface area contributed by atoms with Gasteiger partial charge in [0, 0.05) is 11.1 Å². The standard InChI is InChI=1S/C20H20FNO4/c1-12-8-14(3)17(9-13(12)2)18(23)11-26-19(24)10-22-20(25)15-4-6-16(21)7-5-15/h4-9H,10-11H2,1-3H3,(H,22,25). The first-order valence-corrected chi connectivity index (χ1v) is 8.08. The monoisotopic (exact) mass is 357 g/mol. The number of hydrogen-bond donors (Lipinski definition) is 1. The summed E-state index contributed by atoms with van der Waals surface area (Å²) in [6, 6.07) is 8.60. The number of carbonyl (C=O) groups excluding carboxylic acids is 3. The Kier molecular flexibility index (Phi) is 6.22. The van der Waals surface area contributed by atoms with E-state index in [0.717, 1.165) is 28.8 Å². The zero-order valence-corrected chi connectivity index (χ0v) is 14.9. The van der Waals surface area contributed by atoms with Gasteiger partial charge in [0.1, 0.15) is 12.4 Å². The molecule has 0 atom stereocenters. The molecule has 0 radical (unpaired) electrons. The average molecular weight is 357 g/mol. The van der Waals surface area contributed by atoms with Crippen LogP contribution in [0.15, 0.2) is 36.4 Å². The van der Waals surface area contributed by atoms with Crippen molar-refractivity contribution in [3.63, 3.8) is 0 Å². The fourth-order valence-corrected chi connectivity index (χ4v) is 2.39. The molecule has 0 fully saturated rings. The predicted octanol–water partition coefficient (Wildman–Crippen LogP) is 2.91. The third-order valence-corrected chi connectivity index (χ3v) is 4.01. The van der Waals surface area contributed by atoms with Crippen molar-refractivity contribution in [2.24, 2.45) is 0 Å². The number of esters is 1. The van der Waals surface area contributed by atoms with Gasteiger partial charge in [0.15, 0.2) is 6.61 Å². The third kappa shape index (κ3) is 4.99. The molecule has 136 valence electrons. The van der Waals surface area contributed by atoms with Crippen molar-refractivity contribution >= 4 is 17.7 Å². The van der Waals surface area contributed by atoms with Crippen molar-refractivity contribution in [1.82, 2.24) is 5.32 Å². The second-order valence-electron chi connectivity index (χ2n) is 6.02. The second kappa shape index (κ2) is 8.38. The van der Waals surface area contributed by atoms with Gasteiger partial charge >= 0.3 is 5.97 Å². The van der Waals surface area contributed by atoms with Crippen LogP contribution in [0.3, 0.4) is 0 Å². The lowest BCUT2D eigenvalue weighted by Gasteiger charge is -2.10. The van der Waals surface area contributed by atoms with Gasteiger partial charge in [-0.3, -0.25) is 14.4 Å². The number of Topliss-reactive ketones (excluding diaryl/α,β-unsaturated/α-hetero) is 1. The molecule has 0 aromatic heterocycles. The molecule has 0 aliphatic heterocycles. The maximum absolute atomic E-state index is 12.8. The molecular weight excluding hydrogens is 337 g/mol. The number of ether oxygens (including phenoxy) is 1. The van der Waals surface area contributed by atoms with Crippen LogP contribution in [0.2, 0.25) is 0 Å². The van der Waals surface area contributed by atoms with E-state index in [1.807, 2.05) is 26.8 Å². The van der Waals surface area contributed by atoms with E-state index >= 15 is 0 Å². The Morgan fingerprint density at radius 1 is 0.962 bits per heavy atom. The molecule has 5 nitrogen and oxygen atoms in total. The average Bonchev–Trinajstić information content (AvgIpc) is 2.61. The van der Waals surface area contributed by atoms with E-state index in [4.69, 9.17) is 4.74 Å². The summed E-state index contributed by atoms with van der Waals surface area (Å²) in [7, 11) is 0. The number of nitrogens with one attached hydrogen (secondary N) is 1. The Morgan fingerprint density at radius 2 is 1.58 bits per heavy atom. The van der Waals surface area contributed by atoms with Crippen LogP contribution >= 0.6 is 0 Å². The first kappa shape index (κ1) is 19.3. The molecule has 6 heteroatoms. The summed E-state index contributed by atoms with van der Waals surface area (Å²) in [5, 5.41) is 2.36. The van der Waals surface area contributed by atoms with E-state index in [-0.39, 0.29) is 17.9 Å². The van der Waals surface area contributed by atoms with Crippen molar-refractivity contribution in [2.75, 3.05) is 13.2 Å². The maximum atomic E-state index is 12.8. The van der Waals surface area contributed by atoms with Gasteiger partial charge in [0.05, 0.1) is 0 Å². The highest BCUT2D eigenvalue weighted by Crippen LogP contribution is 2.16. The van der Waals surface area contributed by atoms with Crippen molar-refractivity contribution in [3.8, 4) is 0 Å². The molecule has 2 aromatic rings. The van der Waals surface area contributed by atoms with E-state index in [2.05, 4.69) is 5.32 Å². The summed E-state index contributed by atoms with van der Waals surface area (Å²) in [6.45, 7) is 4.91. The molecule has 0 heterocycles. The normalized spacial score (nSPS) is 10.3. The number of halogens is 1. The molecule has 26 heavy (non-hydrogen) atoms. The van der Waals surface area contributed by atoms with Gasteiger partial charge in [-0.1, -0.05) is 6.07 Å². The Balaban J connectivity index is 1.85. The van der Waals surface area contributed by atoms with E-state index in [1.54, 1.807) is 6.07 Å². The fourth-order valence-electron chi connectivity index (χ4n) is 2.39. The molecular formula is C20H20FNO4. The quantitative estimate of drug-likeness (QED) is 0.637. The summed E-state index contributed by atoms with van der Waals surface area (Å²) < 4.78 is 17.7. The number of rotatable bonds is 6. The summed E-state index contributed by atoms with van der Waals surface area (Å²) >= 11 is 0. The minimum Gasteiger partial charge on any atom is -0.456 e. The highest BCUT2D eigenvalue weighted by Gasteiger charge is 2.14. The summed E-state index contributed by atoms with van der Waals surface area (Å²) in [4.78, 5) is 35.8. The zero-order chi connectivity index (χ0) is 19.3. The highest BCUT2D eigenvalue weighted by atomic mass is 19.1. The zero-order valence-electron chi connectivity index (χ0n) is 14.9. The molecule has 1 amide bonds. The van der Waals surface area contributed by atoms with Crippen LogP contribution in [0.1, 0.15) is 37.4 Å². The number of hydrogen-bond acceptors (Lipinski definition) is 4. The smallest absolute Gasteiger partial charge is 0.325 e. The highest BCUT2D eigenvalue weighted by molar-refractivity contribution is 6.00. The van der Waals surface area contributed by atoms with E-state index in [0.29, 0.717) is 5.56 Å². The Hall–Kier alpha value is -3.02. The molecule has 0 unspecified atom stereocenters. The van der Waals surface area contributed by atoms with Crippen molar-refractivity contribution in [3.05, 3.63) is 70.0 Å². The van der Waals surface area contributed by atoms with Gasteiger partial charge in [0.25, 0.3) is 5.91 Å². The topological polar surface area (TPSA) is 72.5 Å². The fraction of sp³-hybridized carbons (Fsp3) is 0.250. The van der Waals surface area contributed by atoms with Gasteiger partial charge in [-0.2, -0.15) is 0 Å². The molecule has 0 bridgehead atoms. The number of carbonyl (C=O) groups is 3. The van der Waals surface area contributed by atoms with E-state index < -0.39 is 24.3 Å². The minimum atomic E-state index is -0.727.